The van der Waals surface area contributed by atoms with Crippen LogP contribution in [-0.4, -0.2) is 38.5 Å². The van der Waals surface area contributed by atoms with Gasteiger partial charge in [0.2, 0.25) is 0 Å². The van der Waals surface area contributed by atoms with Gasteiger partial charge in [-0.3, -0.25) is 0 Å². The first-order chi connectivity index (χ1) is 8.79. The van der Waals surface area contributed by atoms with Crippen LogP contribution < -0.4 is 0 Å². The van der Waals surface area contributed by atoms with Crippen LogP contribution in [0.3, 0.4) is 0 Å². The summed E-state index contributed by atoms with van der Waals surface area (Å²) >= 11 is 0. The Morgan fingerprint density at radius 3 is 2.83 bits per heavy atom. The van der Waals surface area contributed by atoms with Gasteiger partial charge in [0.15, 0.2) is 5.79 Å². The second kappa shape index (κ2) is 6.66. The summed E-state index contributed by atoms with van der Waals surface area (Å²) in [7, 11) is 1.62. The highest BCUT2D eigenvalue weighted by molar-refractivity contribution is 4.88. The number of methoxy groups -OCH3 is 1. The van der Waals surface area contributed by atoms with Crippen LogP contribution in [-0.2, 0) is 18.9 Å². The minimum Gasteiger partial charge on any atom is -0.359 e. The maximum Gasteiger partial charge on any atom is 0.169 e. The summed E-state index contributed by atoms with van der Waals surface area (Å²) < 4.78 is 22.7. The highest BCUT2D eigenvalue weighted by Gasteiger charge is 2.44. The van der Waals surface area contributed by atoms with Crippen LogP contribution in [0.4, 0.5) is 0 Å². The van der Waals surface area contributed by atoms with Gasteiger partial charge in [0, 0.05) is 20.0 Å². The van der Waals surface area contributed by atoms with Crippen molar-refractivity contribution in [2.75, 3.05) is 20.5 Å². The lowest BCUT2D eigenvalue weighted by atomic mass is 9.94. The first kappa shape index (κ1) is 14.0. The third-order valence-corrected chi connectivity index (χ3v) is 3.71. The van der Waals surface area contributed by atoms with Gasteiger partial charge < -0.3 is 18.9 Å². The van der Waals surface area contributed by atoms with Crippen molar-refractivity contribution in [2.45, 2.75) is 56.5 Å². The SMILES string of the molecule is C=CC[C@H](OCOC)[C@H]1COC2(CCCCC2)O1. The molecule has 2 aliphatic rings. The van der Waals surface area contributed by atoms with Crippen molar-refractivity contribution in [3.63, 3.8) is 0 Å². The van der Waals surface area contributed by atoms with E-state index in [2.05, 4.69) is 6.58 Å². The van der Waals surface area contributed by atoms with Crippen molar-refractivity contribution < 1.29 is 18.9 Å². The van der Waals surface area contributed by atoms with Crippen molar-refractivity contribution in [1.82, 2.24) is 0 Å². The molecule has 2 rings (SSSR count). The fourth-order valence-corrected chi connectivity index (χ4v) is 2.76. The molecule has 4 heteroatoms. The van der Waals surface area contributed by atoms with Crippen molar-refractivity contribution in [1.29, 1.82) is 0 Å². The first-order valence-electron chi connectivity index (χ1n) is 6.83. The van der Waals surface area contributed by atoms with E-state index in [1.54, 1.807) is 7.11 Å². The lowest BCUT2D eigenvalue weighted by molar-refractivity contribution is -0.204. The molecule has 0 aromatic carbocycles. The van der Waals surface area contributed by atoms with E-state index in [9.17, 15) is 0 Å². The standard InChI is InChI=1S/C14H24O4/c1-3-7-12(16-11-15-2)13-10-17-14(18-13)8-5-4-6-9-14/h3,12-13H,1,4-11H2,2H3/t12-,13+/m0/s1. The Morgan fingerprint density at radius 2 is 2.17 bits per heavy atom. The second-order valence-corrected chi connectivity index (χ2v) is 5.07. The zero-order valence-electron chi connectivity index (χ0n) is 11.2. The summed E-state index contributed by atoms with van der Waals surface area (Å²) in [4.78, 5) is 0. The van der Waals surface area contributed by atoms with Gasteiger partial charge in [0.1, 0.15) is 12.9 Å². The molecule has 2 atom stereocenters. The monoisotopic (exact) mass is 256 g/mol. The van der Waals surface area contributed by atoms with Gasteiger partial charge in [0.25, 0.3) is 0 Å². The molecule has 2 fully saturated rings. The van der Waals surface area contributed by atoms with Crippen LogP contribution in [0.1, 0.15) is 38.5 Å². The zero-order valence-corrected chi connectivity index (χ0v) is 11.2. The number of hydrogen-bond acceptors (Lipinski definition) is 4. The fourth-order valence-electron chi connectivity index (χ4n) is 2.76. The zero-order chi connectivity index (χ0) is 12.8. The van der Waals surface area contributed by atoms with Crippen LogP contribution in [0.15, 0.2) is 12.7 Å². The maximum absolute atomic E-state index is 6.15. The van der Waals surface area contributed by atoms with Crippen LogP contribution in [0, 0.1) is 0 Å². The smallest absolute Gasteiger partial charge is 0.169 e. The minimum absolute atomic E-state index is 0.00347. The molecule has 4 nitrogen and oxygen atoms in total. The van der Waals surface area contributed by atoms with E-state index in [0.29, 0.717) is 6.61 Å². The molecule has 1 aliphatic heterocycles. The van der Waals surface area contributed by atoms with Crippen molar-refractivity contribution in [3.05, 3.63) is 12.7 Å². The molecule has 0 aromatic rings. The molecule has 0 aromatic heterocycles. The van der Waals surface area contributed by atoms with Gasteiger partial charge in [-0.1, -0.05) is 12.5 Å². The molecule has 104 valence electrons. The van der Waals surface area contributed by atoms with Crippen LogP contribution >= 0.6 is 0 Å². The van der Waals surface area contributed by atoms with E-state index < -0.39 is 0 Å². The predicted molar refractivity (Wildman–Crippen MR) is 68.2 cm³/mol. The normalized spacial score (nSPS) is 28.4. The molecule has 18 heavy (non-hydrogen) atoms. The van der Waals surface area contributed by atoms with Gasteiger partial charge in [-0.2, -0.15) is 0 Å². The third-order valence-electron chi connectivity index (χ3n) is 3.71. The first-order valence-corrected chi connectivity index (χ1v) is 6.83. The lowest BCUT2D eigenvalue weighted by Gasteiger charge is -2.32. The fraction of sp³-hybridized carbons (Fsp3) is 0.857. The Balaban J connectivity index is 1.89. The third kappa shape index (κ3) is 3.32. The quantitative estimate of drug-likeness (QED) is 0.541. The number of ether oxygens (including phenoxy) is 4. The Hall–Kier alpha value is -0.420. The molecule has 1 aliphatic carbocycles. The van der Waals surface area contributed by atoms with Crippen LogP contribution in [0.25, 0.3) is 0 Å². The Labute approximate surface area is 109 Å². The molecule has 0 N–H and O–H groups in total. The van der Waals surface area contributed by atoms with Crippen LogP contribution in [0.2, 0.25) is 0 Å². The predicted octanol–water partition coefficient (Wildman–Crippen LogP) is 2.63. The molecule has 0 radical (unpaired) electrons. The van der Waals surface area contributed by atoms with Gasteiger partial charge in [0.05, 0.1) is 12.7 Å². The maximum atomic E-state index is 6.15. The molecular weight excluding hydrogens is 232 g/mol. The van der Waals surface area contributed by atoms with E-state index in [-0.39, 0.29) is 24.8 Å². The topological polar surface area (TPSA) is 36.9 Å². The molecule has 1 saturated carbocycles. The molecule has 0 amide bonds. The summed E-state index contributed by atoms with van der Waals surface area (Å²) in [6.07, 6.45) is 8.27. The van der Waals surface area contributed by atoms with E-state index in [1.807, 2.05) is 6.08 Å². The second-order valence-electron chi connectivity index (χ2n) is 5.07. The van der Waals surface area contributed by atoms with Gasteiger partial charge in [-0.15, -0.1) is 6.58 Å². The molecule has 1 heterocycles. The summed E-state index contributed by atoms with van der Waals surface area (Å²) in [6.45, 7) is 4.66. The summed E-state index contributed by atoms with van der Waals surface area (Å²) in [5, 5.41) is 0. The summed E-state index contributed by atoms with van der Waals surface area (Å²) in [6, 6.07) is 0. The number of rotatable bonds is 6. The van der Waals surface area contributed by atoms with Crippen molar-refractivity contribution in [3.8, 4) is 0 Å². The average molecular weight is 256 g/mol. The molecule has 1 spiro atoms. The molecule has 1 saturated heterocycles. The Morgan fingerprint density at radius 1 is 1.39 bits per heavy atom. The highest BCUT2D eigenvalue weighted by Crippen LogP contribution is 2.39. The Kier molecular flexibility index (Phi) is 5.18. The Bertz CT molecular complexity index is 261. The largest absolute Gasteiger partial charge is 0.359 e. The molecule has 0 bridgehead atoms. The molecule has 0 unspecified atom stereocenters. The summed E-state index contributed by atoms with van der Waals surface area (Å²) in [5.41, 5.74) is 0. The van der Waals surface area contributed by atoms with E-state index >= 15 is 0 Å². The number of hydrogen-bond donors (Lipinski definition) is 0. The van der Waals surface area contributed by atoms with Gasteiger partial charge in [-0.25, -0.2) is 0 Å². The van der Waals surface area contributed by atoms with Gasteiger partial charge >= 0.3 is 0 Å². The van der Waals surface area contributed by atoms with E-state index in [0.717, 1.165) is 19.3 Å². The van der Waals surface area contributed by atoms with Gasteiger partial charge in [-0.05, 0) is 19.3 Å². The lowest BCUT2D eigenvalue weighted by Crippen LogP contribution is -2.37. The molecular formula is C14H24O4. The van der Waals surface area contributed by atoms with Crippen LogP contribution in [0.5, 0.6) is 0 Å². The minimum atomic E-state index is -0.335. The highest BCUT2D eigenvalue weighted by atomic mass is 16.8. The average Bonchev–Trinajstić information content (AvgIpc) is 2.79. The van der Waals surface area contributed by atoms with E-state index in [4.69, 9.17) is 18.9 Å². The summed E-state index contributed by atoms with van der Waals surface area (Å²) in [5.74, 6) is -0.335. The van der Waals surface area contributed by atoms with Crippen molar-refractivity contribution in [2.24, 2.45) is 0 Å². The van der Waals surface area contributed by atoms with Crippen molar-refractivity contribution >= 4 is 0 Å². The van der Waals surface area contributed by atoms with E-state index in [1.165, 1.54) is 19.3 Å².